The lowest BCUT2D eigenvalue weighted by molar-refractivity contribution is -0.156. The van der Waals surface area contributed by atoms with Gasteiger partial charge in [0.25, 0.3) is 0 Å². The molecule has 0 fully saturated rings. The highest BCUT2D eigenvalue weighted by atomic mass is 16.5. The Morgan fingerprint density at radius 2 is 1.65 bits per heavy atom. The summed E-state index contributed by atoms with van der Waals surface area (Å²) >= 11 is 0. The van der Waals surface area contributed by atoms with E-state index >= 15 is 0 Å². The molecule has 7 heteroatoms. The van der Waals surface area contributed by atoms with Crippen molar-refractivity contribution in [3.05, 3.63) is 35.9 Å². The number of alkyl carbamates (subject to hydrolysis) is 1. The molecule has 0 aliphatic carbocycles. The molecule has 23 heavy (non-hydrogen) atoms. The maximum absolute atomic E-state index is 12.0. The minimum Gasteiger partial charge on any atom is -0.481 e. The molecule has 0 saturated carbocycles. The van der Waals surface area contributed by atoms with Crippen molar-refractivity contribution in [2.75, 3.05) is 0 Å². The predicted molar refractivity (Wildman–Crippen MR) is 81.8 cm³/mol. The maximum Gasteiger partial charge on any atom is 0.408 e. The van der Waals surface area contributed by atoms with E-state index in [1.54, 1.807) is 45.0 Å². The van der Waals surface area contributed by atoms with Gasteiger partial charge in [-0.1, -0.05) is 51.1 Å². The van der Waals surface area contributed by atoms with Gasteiger partial charge in [-0.25, -0.2) is 9.59 Å². The van der Waals surface area contributed by atoms with Gasteiger partial charge in [-0.2, -0.15) is 0 Å². The molecular formula is C16H21NO6. The lowest BCUT2D eigenvalue weighted by Crippen LogP contribution is -2.63. The second kappa shape index (κ2) is 7.13. The normalized spacial score (nSPS) is 13.7. The summed E-state index contributed by atoms with van der Waals surface area (Å²) in [6.07, 6.45) is -1.74. The summed E-state index contributed by atoms with van der Waals surface area (Å²) in [4.78, 5) is 34.7. The van der Waals surface area contributed by atoms with Crippen LogP contribution in [0.4, 0.5) is 4.79 Å². The van der Waals surface area contributed by atoms with E-state index in [2.05, 4.69) is 5.32 Å². The number of carboxylic acids is 2. The Labute approximate surface area is 134 Å². The van der Waals surface area contributed by atoms with Crippen LogP contribution >= 0.6 is 0 Å². The summed E-state index contributed by atoms with van der Waals surface area (Å²) in [6, 6.07) is 8.86. The summed E-state index contributed by atoms with van der Waals surface area (Å²) in [5.41, 5.74) is -2.28. The van der Waals surface area contributed by atoms with Gasteiger partial charge in [0.1, 0.15) is 6.61 Å². The Balaban J connectivity index is 2.89. The SMILES string of the molecule is CC(C)(C)C(CC(=O)O)(NC(=O)OCc1ccccc1)C(=O)O. The summed E-state index contributed by atoms with van der Waals surface area (Å²) in [6.45, 7) is 4.59. The van der Waals surface area contributed by atoms with E-state index in [4.69, 9.17) is 9.84 Å². The fourth-order valence-electron chi connectivity index (χ4n) is 2.11. The van der Waals surface area contributed by atoms with Crippen LogP contribution in [0.1, 0.15) is 32.8 Å². The van der Waals surface area contributed by atoms with E-state index in [1.165, 1.54) is 0 Å². The van der Waals surface area contributed by atoms with Crippen LogP contribution in [0.15, 0.2) is 30.3 Å². The van der Waals surface area contributed by atoms with E-state index in [0.717, 1.165) is 5.56 Å². The average Bonchev–Trinajstić information content (AvgIpc) is 2.43. The Bertz CT molecular complexity index is 578. The highest BCUT2D eigenvalue weighted by Gasteiger charge is 2.52. The van der Waals surface area contributed by atoms with Crippen molar-refractivity contribution in [1.29, 1.82) is 0 Å². The van der Waals surface area contributed by atoms with Gasteiger partial charge < -0.3 is 20.3 Å². The molecule has 3 N–H and O–H groups in total. The lowest BCUT2D eigenvalue weighted by Gasteiger charge is -2.40. The fourth-order valence-corrected chi connectivity index (χ4v) is 2.11. The molecule has 1 unspecified atom stereocenters. The number of hydrogen-bond acceptors (Lipinski definition) is 4. The summed E-state index contributed by atoms with van der Waals surface area (Å²) in [5, 5.41) is 20.8. The quantitative estimate of drug-likeness (QED) is 0.740. The van der Waals surface area contributed by atoms with Crippen LogP contribution in [0.3, 0.4) is 0 Å². The number of aliphatic carboxylic acids is 2. The first-order valence-corrected chi connectivity index (χ1v) is 7.02. The Morgan fingerprint density at radius 1 is 1.09 bits per heavy atom. The molecule has 1 atom stereocenters. The molecule has 0 aliphatic heterocycles. The standard InChI is InChI=1S/C16H21NO6/c1-15(2,3)16(13(20)21,9-12(18)19)17-14(22)23-10-11-7-5-4-6-8-11/h4-8H,9-10H2,1-3H3,(H,17,22)(H,18,19)(H,20,21). The van der Waals surface area contributed by atoms with Gasteiger partial charge in [-0.05, 0) is 11.0 Å². The Morgan fingerprint density at radius 3 is 2.09 bits per heavy atom. The number of carbonyl (C=O) groups excluding carboxylic acids is 1. The summed E-state index contributed by atoms with van der Waals surface area (Å²) < 4.78 is 5.00. The Hall–Kier alpha value is -2.57. The van der Waals surface area contributed by atoms with Crippen LogP contribution in [-0.4, -0.2) is 33.8 Å². The number of amides is 1. The van der Waals surface area contributed by atoms with Gasteiger partial charge in [-0.15, -0.1) is 0 Å². The topological polar surface area (TPSA) is 113 Å². The third-order valence-corrected chi connectivity index (χ3v) is 3.59. The zero-order valence-corrected chi connectivity index (χ0v) is 13.3. The zero-order chi connectivity index (χ0) is 17.7. The van der Waals surface area contributed by atoms with Gasteiger partial charge in [0.05, 0.1) is 6.42 Å². The first kappa shape index (κ1) is 18.5. The third kappa shape index (κ3) is 4.70. The largest absolute Gasteiger partial charge is 0.481 e. The van der Waals surface area contributed by atoms with Crippen molar-refractivity contribution in [3.8, 4) is 0 Å². The number of nitrogens with one attached hydrogen (secondary N) is 1. The lowest BCUT2D eigenvalue weighted by atomic mass is 9.71. The Kier molecular flexibility index (Phi) is 5.73. The van der Waals surface area contributed by atoms with Gasteiger partial charge in [0.15, 0.2) is 5.54 Å². The molecule has 0 heterocycles. The van der Waals surface area contributed by atoms with E-state index < -0.39 is 35.4 Å². The average molecular weight is 323 g/mol. The van der Waals surface area contributed by atoms with E-state index in [9.17, 15) is 19.5 Å². The van der Waals surface area contributed by atoms with Crippen molar-refractivity contribution in [1.82, 2.24) is 5.32 Å². The number of hydrogen-bond donors (Lipinski definition) is 3. The first-order valence-electron chi connectivity index (χ1n) is 7.02. The molecule has 1 aromatic carbocycles. The van der Waals surface area contributed by atoms with Crippen molar-refractivity contribution in [3.63, 3.8) is 0 Å². The van der Waals surface area contributed by atoms with Crippen LogP contribution in [0.2, 0.25) is 0 Å². The maximum atomic E-state index is 12.0. The fraction of sp³-hybridized carbons (Fsp3) is 0.438. The zero-order valence-electron chi connectivity index (χ0n) is 13.3. The van der Waals surface area contributed by atoms with Crippen molar-refractivity contribution < 1.29 is 29.3 Å². The molecular weight excluding hydrogens is 302 g/mol. The number of carbonyl (C=O) groups is 3. The van der Waals surface area contributed by atoms with Crippen LogP contribution < -0.4 is 5.32 Å². The molecule has 0 aliphatic rings. The van der Waals surface area contributed by atoms with E-state index in [1.807, 2.05) is 6.07 Å². The number of benzene rings is 1. The number of carboxylic acid groups (broad SMARTS) is 2. The molecule has 126 valence electrons. The number of ether oxygens (including phenoxy) is 1. The molecule has 1 amide bonds. The summed E-state index contributed by atoms with van der Waals surface area (Å²) in [5.74, 6) is -2.75. The van der Waals surface area contributed by atoms with Crippen molar-refractivity contribution in [2.45, 2.75) is 39.3 Å². The minimum absolute atomic E-state index is 0.0421. The number of rotatable bonds is 6. The highest BCUT2D eigenvalue weighted by molar-refractivity contribution is 5.89. The van der Waals surface area contributed by atoms with Crippen molar-refractivity contribution in [2.24, 2.45) is 5.41 Å². The molecule has 0 saturated heterocycles. The molecule has 0 radical (unpaired) electrons. The smallest absolute Gasteiger partial charge is 0.408 e. The summed E-state index contributed by atoms with van der Waals surface area (Å²) in [7, 11) is 0. The van der Waals surface area contributed by atoms with Crippen LogP contribution in [0.5, 0.6) is 0 Å². The molecule has 7 nitrogen and oxygen atoms in total. The van der Waals surface area contributed by atoms with Crippen LogP contribution in [0, 0.1) is 5.41 Å². The van der Waals surface area contributed by atoms with Crippen LogP contribution in [-0.2, 0) is 20.9 Å². The monoisotopic (exact) mass is 323 g/mol. The molecule has 0 bridgehead atoms. The van der Waals surface area contributed by atoms with Gasteiger partial charge in [-0.3, -0.25) is 4.79 Å². The second-order valence-electron chi connectivity index (χ2n) is 6.22. The van der Waals surface area contributed by atoms with Gasteiger partial charge in [0.2, 0.25) is 0 Å². The molecule has 1 aromatic rings. The molecule has 0 aromatic heterocycles. The van der Waals surface area contributed by atoms with E-state index in [0.29, 0.717) is 0 Å². The second-order valence-corrected chi connectivity index (χ2v) is 6.22. The van der Waals surface area contributed by atoms with E-state index in [-0.39, 0.29) is 6.61 Å². The molecule has 1 rings (SSSR count). The predicted octanol–water partition coefficient (Wildman–Crippen LogP) is 2.26. The first-order chi connectivity index (χ1) is 10.6. The van der Waals surface area contributed by atoms with Crippen molar-refractivity contribution >= 4 is 18.0 Å². The van der Waals surface area contributed by atoms with Crippen LogP contribution in [0.25, 0.3) is 0 Å². The third-order valence-electron chi connectivity index (χ3n) is 3.59. The van der Waals surface area contributed by atoms with Gasteiger partial charge >= 0.3 is 18.0 Å². The van der Waals surface area contributed by atoms with Gasteiger partial charge in [0, 0.05) is 0 Å². The minimum atomic E-state index is -1.98. The highest BCUT2D eigenvalue weighted by Crippen LogP contribution is 2.34. The molecule has 0 spiro atoms.